The average Bonchev–Trinajstić information content (AvgIpc) is 3.01. The van der Waals surface area contributed by atoms with Crippen molar-refractivity contribution >= 4 is 6.41 Å². The maximum absolute atomic E-state index is 10.1. The summed E-state index contributed by atoms with van der Waals surface area (Å²) >= 11 is 0. The quantitative estimate of drug-likeness (QED) is 0.667. The summed E-state index contributed by atoms with van der Waals surface area (Å²) < 4.78 is 5.56. The molecule has 0 aliphatic heterocycles. The lowest BCUT2D eigenvalue weighted by atomic mass is 10.2. The molecule has 0 bridgehead atoms. The third-order valence-corrected chi connectivity index (χ3v) is 2.33. The van der Waals surface area contributed by atoms with E-state index in [4.69, 9.17) is 4.74 Å². The molecule has 0 aromatic carbocycles. The van der Waals surface area contributed by atoms with Crippen LogP contribution < -0.4 is 5.32 Å². The minimum Gasteiger partial charge on any atom is -0.376 e. The summed E-state index contributed by atoms with van der Waals surface area (Å²) in [4.78, 5) is 10.1. The molecule has 1 saturated carbocycles. The Morgan fingerprint density at radius 3 is 2.43 bits per heavy atom. The first kappa shape index (κ1) is 13.4. The van der Waals surface area contributed by atoms with E-state index in [9.17, 15) is 4.79 Å². The van der Waals surface area contributed by atoms with Crippen molar-refractivity contribution in [2.75, 3.05) is 6.61 Å². The highest BCUT2D eigenvalue weighted by atomic mass is 16.5. The molecule has 1 aliphatic rings. The molecule has 1 aliphatic carbocycles. The van der Waals surface area contributed by atoms with Crippen LogP contribution in [-0.4, -0.2) is 25.2 Å². The molecule has 1 N–H and O–H groups in total. The maximum Gasteiger partial charge on any atom is 0.207 e. The topological polar surface area (TPSA) is 38.3 Å². The number of rotatable bonds is 6. The molecule has 0 radical (unpaired) electrons. The van der Waals surface area contributed by atoms with Crippen molar-refractivity contribution in [3.8, 4) is 0 Å². The minimum absolute atomic E-state index is 0.112. The van der Waals surface area contributed by atoms with E-state index < -0.39 is 0 Å². The van der Waals surface area contributed by atoms with Crippen LogP contribution in [0.5, 0.6) is 0 Å². The molecule has 0 spiro atoms. The maximum atomic E-state index is 10.1. The first-order chi connectivity index (χ1) is 6.74. The van der Waals surface area contributed by atoms with Crippen molar-refractivity contribution in [2.24, 2.45) is 5.92 Å². The van der Waals surface area contributed by atoms with Gasteiger partial charge in [-0.25, -0.2) is 0 Å². The van der Waals surface area contributed by atoms with Crippen LogP contribution in [0.15, 0.2) is 0 Å². The highest BCUT2D eigenvalue weighted by Crippen LogP contribution is 2.29. The predicted octanol–water partition coefficient (Wildman–Crippen LogP) is 1.96. The fraction of sp³-hybridized carbons (Fsp3) is 0.909. The van der Waals surface area contributed by atoms with Crippen LogP contribution in [0, 0.1) is 5.92 Å². The molecule has 2 atom stereocenters. The second-order valence-electron chi connectivity index (χ2n) is 3.56. The van der Waals surface area contributed by atoms with E-state index in [1.165, 1.54) is 12.8 Å². The van der Waals surface area contributed by atoms with Crippen molar-refractivity contribution in [1.82, 2.24) is 5.32 Å². The molecule has 0 heterocycles. The molecule has 3 nitrogen and oxygen atoms in total. The Morgan fingerprint density at radius 2 is 2.00 bits per heavy atom. The molecular weight excluding hydrogens is 178 g/mol. The van der Waals surface area contributed by atoms with Gasteiger partial charge in [0.15, 0.2) is 0 Å². The average molecular weight is 201 g/mol. The highest BCUT2D eigenvalue weighted by molar-refractivity contribution is 5.46. The zero-order valence-electron chi connectivity index (χ0n) is 9.75. The smallest absolute Gasteiger partial charge is 0.207 e. The Morgan fingerprint density at radius 1 is 1.43 bits per heavy atom. The van der Waals surface area contributed by atoms with Crippen molar-refractivity contribution in [1.29, 1.82) is 0 Å². The lowest BCUT2D eigenvalue weighted by Crippen LogP contribution is -2.36. The van der Waals surface area contributed by atoms with Crippen LogP contribution in [0.2, 0.25) is 0 Å². The summed E-state index contributed by atoms with van der Waals surface area (Å²) in [5.41, 5.74) is 0. The standard InChI is InChI=1S/C9H17NO2.C2H6/c1-7(10-6-11)8(2)12-5-9-3-4-9;1-2/h6-9H,3-5H2,1-2H3,(H,10,11);1-2H3. The van der Waals surface area contributed by atoms with Crippen molar-refractivity contribution in [3.63, 3.8) is 0 Å². The van der Waals surface area contributed by atoms with Crippen LogP contribution in [0.4, 0.5) is 0 Å². The van der Waals surface area contributed by atoms with E-state index in [1.54, 1.807) is 0 Å². The molecular formula is C11H23NO2. The van der Waals surface area contributed by atoms with E-state index in [-0.39, 0.29) is 12.1 Å². The summed E-state index contributed by atoms with van der Waals surface area (Å²) in [6.07, 6.45) is 3.46. The first-order valence-electron chi connectivity index (χ1n) is 5.55. The first-order valence-corrected chi connectivity index (χ1v) is 5.55. The normalized spacial score (nSPS) is 18.9. The van der Waals surface area contributed by atoms with Crippen LogP contribution in [0.1, 0.15) is 40.5 Å². The molecule has 2 unspecified atom stereocenters. The summed E-state index contributed by atoms with van der Waals surface area (Å²) in [6, 6.07) is 0.112. The largest absolute Gasteiger partial charge is 0.376 e. The lowest BCUT2D eigenvalue weighted by Gasteiger charge is -2.19. The van der Waals surface area contributed by atoms with Crippen molar-refractivity contribution < 1.29 is 9.53 Å². The van der Waals surface area contributed by atoms with E-state index in [1.807, 2.05) is 27.7 Å². The molecule has 1 rings (SSSR count). The van der Waals surface area contributed by atoms with Crippen LogP contribution >= 0.6 is 0 Å². The SMILES string of the molecule is CC.CC(NC=O)C(C)OCC1CC1. The van der Waals surface area contributed by atoms with Gasteiger partial charge in [0.25, 0.3) is 0 Å². The highest BCUT2D eigenvalue weighted by Gasteiger charge is 2.23. The Bertz CT molecular complexity index is 146. The number of carbonyl (C=O) groups is 1. The Balaban J connectivity index is 0.000000791. The van der Waals surface area contributed by atoms with Crippen molar-refractivity contribution in [3.05, 3.63) is 0 Å². The molecule has 1 fully saturated rings. The van der Waals surface area contributed by atoms with Gasteiger partial charge in [0.1, 0.15) is 0 Å². The van der Waals surface area contributed by atoms with Gasteiger partial charge in [-0.2, -0.15) is 0 Å². The van der Waals surface area contributed by atoms with Gasteiger partial charge >= 0.3 is 0 Å². The fourth-order valence-electron chi connectivity index (χ4n) is 0.960. The fourth-order valence-corrected chi connectivity index (χ4v) is 0.960. The summed E-state index contributed by atoms with van der Waals surface area (Å²) in [5.74, 6) is 0.788. The second-order valence-corrected chi connectivity index (χ2v) is 3.56. The van der Waals surface area contributed by atoms with Crippen LogP contribution in [0.25, 0.3) is 0 Å². The van der Waals surface area contributed by atoms with Gasteiger partial charge < -0.3 is 10.1 Å². The zero-order valence-corrected chi connectivity index (χ0v) is 9.75. The van der Waals surface area contributed by atoms with E-state index in [2.05, 4.69) is 5.32 Å². The van der Waals surface area contributed by atoms with E-state index in [0.29, 0.717) is 0 Å². The monoisotopic (exact) mass is 201 g/mol. The molecule has 0 saturated heterocycles. The number of ether oxygens (including phenoxy) is 1. The number of hydrogen-bond donors (Lipinski definition) is 1. The van der Waals surface area contributed by atoms with Gasteiger partial charge in [-0.05, 0) is 32.6 Å². The second kappa shape index (κ2) is 7.80. The summed E-state index contributed by atoms with van der Waals surface area (Å²) in [6.45, 7) is 8.79. The molecule has 1 amide bonds. The molecule has 3 heteroatoms. The molecule has 0 aromatic heterocycles. The number of amides is 1. The Labute approximate surface area is 87.2 Å². The number of hydrogen-bond acceptors (Lipinski definition) is 2. The third kappa shape index (κ3) is 5.97. The molecule has 0 aromatic rings. The third-order valence-electron chi connectivity index (χ3n) is 2.33. The Hall–Kier alpha value is -0.570. The van der Waals surface area contributed by atoms with E-state index >= 15 is 0 Å². The predicted molar refractivity (Wildman–Crippen MR) is 58.1 cm³/mol. The lowest BCUT2D eigenvalue weighted by molar-refractivity contribution is -0.111. The Kier molecular flexibility index (Phi) is 7.48. The zero-order chi connectivity index (χ0) is 11.0. The summed E-state index contributed by atoms with van der Waals surface area (Å²) in [5, 5.41) is 2.68. The van der Waals surface area contributed by atoms with Gasteiger partial charge in [-0.3, -0.25) is 4.79 Å². The number of nitrogens with one attached hydrogen (secondary N) is 1. The molecule has 84 valence electrons. The minimum atomic E-state index is 0.112. The van der Waals surface area contributed by atoms with Gasteiger partial charge in [0.05, 0.1) is 12.1 Å². The van der Waals surface area contributed by atoms with Crippen molar-refractivity contribution in [2.45, 2.75) is 52.7 Å². The number of carbonyl (C=O) groups excluding carboxylic acids is 1. The van der Waals surface area contributed by atoms with Gasteiger partial charge in [-0.15, -0.1) is 0 Å². The molecule has 14 heavy (non-hydrogen) atoms. The van der Waals surface area contributed by atoms with Gasteiger partial charge in [0, 0.05) is 6.61 Å². The van der Waals surface area contributed by atoms with Crippen LogP contribution in [-0.2, 0) is 9.53 Å². The van der Waals surface area contributed by atoms with Gasteiger partial charge in [0.2, 0.25) is 6.41 Å². The summed E-state index contributed by atoms with van der Waals surface area (Å²) in [7, 11) is 0. The van der Waals surface area contributed by atoms with Gasteiger partial charge in [-0.1, -0.05) is 13.8 Å². The van der Waals surface area contributed by atoms with E-state index in [0.717, 1.165) is 18.9 Å². The van der Waals surface area contributed by atoms with Crippen LogP contribution in [0.3, 0.4) is 0 Å².